The van der Waals surface area contributed by atoms with Crippen LogP contribution in [0.25, 0.3) is 0 Å². The van der Waals surface area contributed by atoms with Crippen molar-refractivity contribution in [3.63, 3.8) is 0 Å². The van der Waals surface area contributed by atoms with Crippen molar-refractivity contribution >= 4 is 17.8 Å². The van der Waals surface area contributed by atoms with Gasteiger partial charge in [-0.3, -0.25) is 9.59 Å². The monoisotopic (exact) mass is 411 g/mol. The van der Waals surface area contributed by atoms with Gasteiger partial charge in [0, 0.05) is 19.8 Å². The van der Waals surface area contributed by atoms with E-state index in [-0.39, 0.29) is 18.4 Å². The zero-order valence-corrected chi connectivity index (χ0v) is 16.6. The third-order valence-corrected chi connectivity index (χ3v) is 4.37. The maximum atomic E-state index is 14.0. The van der Waals surface area contributed by atoms with Gasteiger partial charge in [0.15, 0.2) is 0 Å². The summed E-state index contributed by atoms with van der Waals surface area (Å²) in [7, 11) is 1.19. The topological polar surface area (TPSA) is 108 Å². The van der Waals surface area contributed by atoms with E-state index in [0.717, 1.165) is 0 Å². The number of carbonyl (C=O) groups is 3. The molecule has 30 heavy (non-hydrogen) atoms. The molecule has 8 heteroatoms. The summed E-state index contributed by atoms with van der Waals surface area (Å²) < 4.78 is 18.8. The molecule has 156 valence electrons. The number of halogens is 1. The Balaban J connectivity index is 2.21. The number of ether oxygens (including phenoxy) is 1. The lowest BCUT2D eigenvalue weighted by atomic mass is 10.0. The van der Waals surface area contributed by atoms with Crippen LogP contribution in [0.1, 0.15) is 23.6 Å². The van der Waals surface area contributed by atoms with E-state index in [1.54, 1.807) is 30.3 Å². The van der Waals surface area contributed by atoms with Crippen LogP contribution in [-0.2, 0) is 32.0 Å². The normalized spacial score (nSPS) is 12.2. The van der Waals surface area contributed by atoms with Crippen LogP contribution in [0, 0.1) is 17.1 Å². The summed E-state index contributed by atoms with van der Waals surface area (Å²) in [6.07, 6.45) is -0.00365. The number of nitriles is 1. The molecule has 0 heterocycles. The van der Waals surface area contributed by atoms with Crippen LogP contribution >= 0.6 is 0 Å². The second-order valence-corrected chi connectivity index (χ2v) is 6.65. The van der Waals surface area contributed by atoms with Crippen LogP contribution in [0.4, 0.5) is 4.39 Å². The first-order valence-electron chi connectivity index (χ1n) is 9.21. The largest absolute Gasteiger partial charge is 0.467 e. The summed E-state index contributed by atoms with van der Waals surface area (Å²) in [5.74, 6) is -2.31. The summed E-state index contributed by atoms with van der Waals surface area (Å²) in [4.78, 5) is 36.6. The van der Waals surface area contributed by atoms with Gasteiger partial charge in [0.25, 0.3) is 0 Å². The second kappa shape index (κ2) is 10.7. The van der Waals surface area contributed by atoms with Gasteiger partial charge in [-0.05, 0) is 29.3 Å². The van der Waals surface area contributed by atoms with E-state index in [1.165, 1.54) is 32.2 Å². The predicted molar refractivity (Wildman–Crippen MR) is 107 cm³/mol. The molecule has 2 aromatic carbocycles. The van der Waals surface area contributed by atoms with Crippen LogP contribution < -0.4 is 10.6 Å². The van der Waals surface area contributed by atoms with Gasteiger partial charge in [-0.1, -0.05) is 30.3 Å². The second-order valence-electron chi connectivity index (χ2n) is 6.65. The highest BCUT2D eigenvalue weighted by Gasteiger charge is 2.28. The highest BCUT2D eigenvalue weighted by Crippen LogP contribution is 2.11. The fraction of sp³-hybridized carbons (Fsp3) is 0.273. The molecular formula is C22H22FN3O4. The quantitative estimate of drug-likeness (QED) is 0.642. The predicted octanol–water partition coefficient (Wildman–Crippen LogP) is 1.65. The molecule has 0 aromatic heterocycles. The molecule has 0 unspecified atom stereocenters. The number of hydrogen-bond donors (Lipinski definition) is 2. The Labute approximate surface area is 173 Å². The van der Waals surface area contributed by atoms with Gasteiger partial charge in [-0.2, -0.15) is 5.26 Å². The van der Waals surface area contributed by atoms with E-state index in [2.05, 4.69) is 10.6 Å². The summed E-state index contributed by atoms with van der Waals surface area (Å²) >= 11 is 0. The fourth-order valence-corrected chi connectivity index (χ4v) is 2.95. The summed E-state index contributed by atoms with van der Waals surface area (Å²) in [5, 5.41) is 14.1. The molecule has 0 spiro atoms. The first-order valence-corrected chi connectivity index (χ1v) is 9.21. The molecule has 7 nitrogen and oxygen atoms in total. The molecule has 0 saturated heterocycles. The number of carbonyl (C=O) groups excluding carboxylic acids is 3. The van der Waals surface area contributed by atoms with Gasteiger partial charge in [-0.15, -0.1) is 0 Å². The van der Waals surface area contributed by atoms with Crippen molar-refractivity contribution in [3.05, 3.63) is 71.0 Å². The Kier molecular flexibility index (Phi) is 8.06. The Morgan fingerprint density at radius 1 is 1.07 bits per heavy atom. The van der Waals surface area contributed by atoms with Gasteiger partial charge >= 0.3 is 5.97 Å². The van der Waals surface area contributed by atoms with Crippen LogP contribution in [0.15, 0.2) is 48.5 Å². The van der Waals surface area contributed by atoms with Gasteiger partial charge in [0.05, 0.1) is 18.7 Å². The number of esters is 1. The third-order valence-electron chi connectivity index (χ3n) is 4.37. The lowest BCUT2D eigenvalue weighted by Crippen LogP contribution is -2.53. The van der Waals surface area contributed by atoms with Crippen molar-refractivity contribution in [3.8, 4) is 6.07 Å². The Morgan fingerprint density at radius 3 is 2.43 bits per heavy atom. The van der Waals surface area contributed by atoms with E-state index < -0.39 is 35.7 Å². The molecule has 2 aromatic rings. The molecule has 0 fully saturated rings. The molecule has 0 aliphatic carbocycles. The molecule has 0 saturated carbocycles. The van der Waals surface area contributed by atoms with Crippen molar-refractivity contribution in [2.24, 2.45) is 0 Å². The molecule has 0 radical (unpaired) electrons. The number of methoxy groups -OCH3 is 1. The Hall–Kier alpha value is -3.73. The number of rotatable bonds is 8. The highest BCUT2D eigenvalue weighted by atomic mass is 19.1. The molecule has 0 aliphatic rings. The Morgan fingerprint density at radius 2 is 1.80 bits per heavy atom. The van der Waals surface area contributed by atoms with E-state index in [1.807, 2.05) is 6.07 Å². The standard InChI is InChI=1S/C22H22FN3O4/c1-14(27)25-19(12-17-8-3-4-9-18(17)23)21(28)26-20(22(29)30-2)11-15-6-5-7-16(10-15)13-24/h3-10,19-20H,11-12H2,1-2H3,(H,25,27)(H,26,28)/t19-,20-/m1/s1. The van der Waals surface area contributed by atoms with E-state index in [0.29, 0.717) is 11.1 Å². The summed E-state index contributed by atoms with van der Waals surface area (Å²) in [5.41, 5.74) is 1.32. The molecular weight excluding hydrogens is 389 g/mol. The number of amides is 2. The average Bonchev–Trinajstić information content (AvgIpc) is 2.73. The summed E-state index contributed by atoms with van der Waals surface area (Å²) in [6.45, 7) is 1.24. The van der Waals surface area contributed by atoms with Gasteiger partial charge in [-0.25, -0.2) is 9.18 Å². The highest BCUT2D eigenvalue weighted by molar-refractivity contribution is 5.90. The van der Waals surface area contributed by atoms with Crippen LogP contribution in [-0.4, -0.2) is 37.0 Å². The maximum absolute atomic E-state index is 14.0. The van der Waals surface area contributed by atoms with Crippen molar-refractivity contribution in [1.82, 2.24) is 10.6 Å². The third kappa shape index (κ3) is 6.41. The van der Waals surface area contributed by atoms with Crippen molar-refractivity contribution < 1.29 is 23.5 Å². The van der Waals surface area contributed by atoms with E-state index >= 15 is 0 Å². The fourth-order valence-electron chi connectivity index (χ4n) is 2.95. The van der Waals surface area contributed by atoms with Gasteiger partial charge in [0.1, 0.15) is 17.9 Å². The number of hydrogen-bond acceptors (Lipinski definition) is 5. The van der Waals surface area contributed by atoms with Crippen LogP contribution in [0.3, 0.4) is 0 Å². The first-order chi connectivity index (χ1) is 14.3. The zero-order valence-electron chi connectivity index (χ0n) is 16.6. The number of nitrogens with one attached hydrogen (secondary N) is 2. The minimum atomic E-state index is -1.09. The number of nitrogens with zero attached hydrogens (tertiary/aromatic N) is 1. The number of benzene rings is 2. The molecule has 0 bridgehead atoms. The summed E-state index contributed by atoms with van der Waals surface area (Å²) in [6, 6.07) is 12.4. The average molecular weight is 411 g/mol. The van der Waals surface area contributed by atoms with Crippen LogP contribution in [0.5, 0.6) is 0 Å². The smallest absolute Gasteiger partial charge is 0.328 e. The maximum Gasteiger partial charge on any atom is 0.328 e. The van der Waals surface area contributed by atoms with E-state index in [4.69, 9.17) is 10.00 Å². The first kappa shape index (κ1) is 22.6. The van der Waals surface area contributed by atoms with Crippen molar-refractivity contribution in [2.45, 2.75) is 31.8 Å². The SMILES string of the molecule is COC(=O)[C@@H](Cc1cccc(C#N)c1)NC(=O)[C@@H](Cc1ccccc1F)NC(C)=O. The van der Waals surface area contributed by atoms with Crippen molar-refractivity contribution in [1.29, 1.82) is 5.26 Å². The van der Waals surface area contributed by atoms with Crippen LogP contribution in [0.2, 0.25) is 0 Å². The molecule has 2 atom stereocenters. The molecule has 2 rings (SSSR count). The molecule has 0 aliphatic heterocycles. The zero-order chi connectivity index (χ0) is 22.1. The minimum Gasteiger partial charge on any atom is -0.467 e. The van der Waals surface area contributed by atoms with Gasteiger partial charge in [0.2, 0.25) is 11.8 Å². The van der Waals surface area contributed by atoms with Gasteiger partial charge < -0.3 is 15.4 Å². The lowest BCUT2D eigenvalue weighted by Gasteiger charge is -2.22. The Bertz CT molecular complexity index is 971. The molecule has 2 N–H and O–H groups in total. The lowest BCUT2D eigenvalue weighted by molar-refractivity contribution is -0.145. The van der Waals surface area contributed by atoms with Crippen molar-refractivity contribution in [2.75, 3.05) is 7.11 Å². The minimum absolute atomic E-state index is 0.0838. The molecule has 2 amide bonds. The van der Waals surface area contributed by atoms with E-state index in [9.17, 15) is 18.8 Å².